The highest BCUT2D eigenvalue weighted by Gasteiger charge is 2.12. The Bertz CT molecular complexity index is 391. The van der Waals surface area contributed by atoms with E-state index < -0.39 is 0 Å². The van der Waals surface area contributed by atoms with Crippen molar-refractivity contribution in [2.45, 2.75) is 39.3 Å². The van der Waals surface area contributed by atoms with Crippen molar-refractivity contribution in [1.29, 1.82) is 5.26 Å². The molecule has 1 aromatic rings. The Kier molecular flexibility index (Phi) is 4.78. The van der Waals surface area contributed by atoms with Crippen LogP contribution in [-0.4, -0.2) is 15.8 Å². The van der Waals surface area contributed by atoms with E-state index in [-0.39, 0.29) is 6.04 Å². The molecule has 0 spiro atoms. The Labute approximate surface area is 101 Å². The maximum atomic E-state index is 8.65. The summed E-state index contributed by atoms with van der Waals surface area (Å²) in [5.74, 6) is 0. The lowest BCUT2D eigenvalue weighted by atomic mass is 10.1. The quantitative estimate of drug-likeness (QED) is 0.858. The maximum Gasteiger partial charge on any atom is 0.131 e. The Morgan fingerprint density at radius 3 is 2.75 bits per heavy atom. The van der Waals surface area contributed by atoms with Crippen LogP contribution in [0.15, 0.2) is 0 Å². The fourth-order valence-corrected chi connectivity index (χ4v) is 1.83. The summed E-state index contributed by atoms with van der Waals surface area (Å²) >= 11 is 6.11. The molecule has 0 saturated carbocycles. The molecule has 0 amide bonds. The highest BCUT2D eigenvalue weighted by molar-refractivity contribution is 6.30. The first-order valence-electron chi connectivity index (χ1n) is 5.38. The van der Waals surface area contributed by atoms with Crippen LogP contribution in [0.1, 0.15) is 31.0 Å². The Morgan fingerprint density at radius 1 is 1.62 bits per heavy atom. The standard InChI is InChI=1S/C11H17ClN4/c1-4-9(5-6-13)14-7-10-8(2)15-16(3)11(10)12/h9,14H,4-5,7H2,1-3H3. The zero-order valence-electron chi connectivity index (χ0n) is 9.92. The van der Waals surface area contributed by atoms with Gasteiger partial charge in [-0.05, 0) is 13.3 Å². The second-order valence-electron chi connectivity index (χ2n) is 3.83. The summed E-state index contributed by atoms with van der Waals surface area (Å²) in [5, 5.41) is 16.9. The number of nitrogens with zero attached hydrogens (tertiary/aromatic N) is 3. The molecule has 1 N–H and O–H groups in total. The van der Waals surface area contributed by atoms with E-state index in [0.717, 1.165) is 17.7 Å². The van der Waals surface area contributed by atoms with E-state index >= 15 is 0 Å². The van der Waals surface area contributed by atoms with Crippen LogP contribution < -0.4 is 5.32 Å². The number of nitriles is 1. The summed E-state index contributed by atoms with van der Waals surface area (Å²) in [7, 11) is 1.82. The SMILES string of the molecule is CCC(CC#N)NCc1c(C)nn(C)c1Cl. The number of rotatable bonds is 5. The van der Waals surface area contributed by atoms with Gasteiger partial charge in [-0.2, -0.15) is 10.4 Å². The highest BCUT2D eigenvalue weighted by Crippen LogP contribution is 2.18. The van der Waals surface area contributed by atoms with Gasteiger partial charge in [-0.1, -0.05) is 18.5 Å². The van der Waals surface area contributed by atoms with E-state index in [9.17, 15) is 0 Å². The minimum atomic E-state index is 0.223. The molecule has 0 aliphatic heterocycles. The number of hydrogen-bond acceptors (Lipinski definition) is 3. The molecule has 1 aromatic heterocycles. The lowest BCUT2D eigenvalue weighted by Crippen LogP contribution is -2.27. The van der Waals surface area contributed by atoms with Crippen molar-refractivity contribution < 1.29 is 0 Å². The van der Waals surface area contributed by atoms with Crippen molar-refractivity contribution in [1.82, 2.24) is 15.1 Å². The smallest absolute Gasteiger partial charge is 0.131 e. The molecule has 0 aliphatic carbocycles. The number of nitrogens with one attached hydrogen (secondary N) is 1. The normalized spacial score (nSPS) is 12.4. The molecule has 0 saturated heterocycles. The predicted octanol–water partition coefficient (Wildman–Crippen LogP) is 2.16. The monoisotopic (exact) mass is 240 g/mol. The van der Waals surface area contributed by atoms with Gasteiger partial charge in [-0.15, -0.1) is 0 Å². The highest BCUT2D eigenvalue weighted by atomic mass is 35.5. The third kappa shape index (κ3) is 2.97. The molecule has 0 aliphatic rings. The van der Waals surface area contributed by atoms with Crippen LogP contribution in [0, 0.1) is 18.3 Å². The lowest BCUT2D eigenvalue weighted by Gasteiger charge is -2.13. The molecule has 88 valence electrons. The van der Waals surface area contributed by atoms with Gasteiger partial charge in [0.05, 0.1) is 18.2 Å². The topological polar surface area (TPSA) is 53.6 Å². The van der Waals surface area contributed by atoms with E-state index in [0.29, 0.717) is 18.1 Å². The molecule has 16 heavy (non-hydrogen) atoms. The van der Waals surface area contributed by atoms with Crippen LogP contribution in [0.2, 0.25) is 5.15 Å². The summed E-state index contributed by atoms with van der Waals surface area (Å²) in [6.07, 6.45) is 1.46. The number of aryl methyl sites for hydroxylation is 2. The number of hydrogen-bond donors (Lipinski definition) is 1. The number of halogens is 1. The molecule has 5 heteroatoms. The second kappa shape index (κ2) is 5.88. The Hall–Kier alpha value is -1.05. The van der Waals surface area contributed by atoms with Gasteiger partial charge < -0.3 is 5.32 Å². The van der Waals surface area contributed by atoms with Gasteiger partial charge in [0, 0.05) is 25.2 Å². The molecule has 1 atom stereocenters. The first kappa shape index (κ1) is 13.0. The van der Waals surface area contributed by atoms with Crippen molar-refractivity contribution >= 4 is 11.6 Å². The first-order valence-corrected chi connectivity index (χ1v) is 5.76. The average Bonchev–Trinajstić information content (AvgIpc) is 2.49. The van der Waals surface area contributed by atoms with E-state index in [1.807, 2.05) is 14.0 Å². The minimum absolute atomic E-state index is 0.223. The summed E-state index contributed by atoms with van der Waals surface area (Å²) < 4.78 is 1.67. The molecule has 1 rings (SSSR count). The van der Waals surface area contributed by atoms with Crippen LogP contribution >= 0.6 is 11.6 Å². The van der Waals surface area contributed by atoms with Gasteiger partial charge in [-0.25, -0.2) is 0 Å². The summed E-state index contributed by atoms with van der Waals surface area (Å²) in [4.78, 5) is 0. The van der Waals surface area contributed by atoms with Gasteiger partial charge in [0.25, 0.3) is 0 Å². The Morgan fingerprint density at radius 2 is 2.31 bits per heavy atom. The van der Waals surface area contributed by atoms with Crippen LogP contribution in [-0.2, 0) is 13.6 Å². The predicted molar refractivity (Wildman–Crippen MR) is 64.1 cm³/mol. The Balaban J connectivity index is 2.64. The van der Waals surface area contributed by atoms with Crippen molar-refractivity contribution in [3.05, 3.63) is 16.4 Å². The van der Waals surface area contributed by atoms with Gasteiger partial charge in [0.2, 0.25) is 0 Å². The van der Waals surface area contributed by atoms with Gasteiger partial charge >= 0.3 is 0 Å². The minimum Gasteiger partial charge on any atom is -0.309 e. The molecule has 4 nitrogen and oxygen atoms in total. The van der Waals surface area contributed by atoms with Crippen molar-refractivity contribution in [2.24, 2.45) is 7.05 Å². The van der Waals surface area contributed by atoms with Crippen molar-refractivity contribution in [2.75, 3.05) is 0 Å². The summed E-state index contributed by atoms with van der Waals surface area (Å²) in [6, 6.07) is 2.40. The molecule has 0 bridgehead atoms. The first-order chi connectivity index (χ1) is 7.60. The third-order valence-electron chi connectivity index (χ3n) is 2.67. The van der Waals surface area contributed by atoms with Gasteiger partial charge in [0.1, 0.15) is 5.15 Å². The van der Waals surface area contributed by atoms with E-state index in [4.69, 9.17) is 16.9 Å². The van der Waals surface area contributed by atoms with Crippen LogP contribution in [0.3, 0.4) is 0 Å². The zero-order chi connectivity index (χ0) is 12.1. The summed E-state index contributed by atoms with van der Waals surface area (Å²) in [5.41, 5.74) is 1.95. The molecule has 1 heterocycles. The van der Waals surface area contributed by atoms with Crippen molar-refractivity contribution in [3.8, 4) is 6.07 Å². The van der Waals surface area contributed by atoms with Crippen LogP contribution in [0.5, 0.6) is 0 Å². The second-order valence-corrected chi connectivity index (χ2v) is 4.18. The van der Waals surface area contributed by atoms with E-state index in [2.05, 4.69) is 23.4 Å². The van der Waals surface area contributed by atoms with Crippen molar-refractivity contribution in [3.63, 3.8) is 0 Å². The molecule has 0 fully saturated rings. The molecular formula is C11H17ClN4. The fourth-order valence-electron chi connectivity index (χ4n) is 1.59. The summed E-state index contributed by atoms with van der Waals surface area (Å²) in [6.45, 7) is 4.67. The maximum absolute atomic E-state index is 8.65. The zero-order valence-corrected chi connectivity index (χ0v) is 10.7. The van der Waals surface area contributed by atoms with Gasteiger partial charge in [-0.3, -0.25) is 4.68 Å². The van der Waals surface area contributed by atoms with Crippen LogP contribution in [0.4, 0.5) is 0 Å². The number of aromatic nitrogens is 2. The average molecular weight is 241 g/mol. The van der Waals surface area contributed by atoms with E-state index in [1.54, 1.807) is 4.68 Å². The molecule has 0 aromatic carbocycles. The molecule has 1 unspecified atom stereocenters. The third-order valence-corrected chi connectivity index (χ3v) is 3.14. The lowest BCUT2D eigenvalue weighted by molar-refractivity contribution is 0.504. The molecular weight excluding hydrogens is 224 g/mol. The van der Waals surface area contributed by atoms with Crippen LogP contribution in [0.25, 0.3) is 0 Å². The largest absolute Gasteiger partial charge is 0.309 e. The van der Waals surface area contributed by atoms with Gasteiger partial charge in [0.15, 0.2) is 0 Å². The van der Waals surface area contributed by atoms with E-state index in [1.165, 1.54) is 0 Å². The molecule has 0 radical (unpaired) electrons. The fraction of sp³-hybridized carbons (Fsp3) is 0.636.